The maximum absolute atomic E-state index is 14.2. The lowest BCUT2D eigenvalue weighted by atomic mass is 10.1. The summed E-state index contributed by atoms with van der Waals surface area (Å²) in [6.07, 6.45) is 1.45. The highest BCUT2D eigenvalue weighted by molar-refractivity contribution is 5.93. The molecular weight excluding hydrogens is 632 g/mol. The number of methoxy groups -OCH3 is 1. The number of esters is 1. The number of alkyl halides is 3. The van der Waals surface area contributed by atoms with Gasteiger partial charge in [-0.2, -0.15) is 18.4 Å². The Kier molecular flexibility index (Phi) is 9.27. The van der Waals surface area contributed by atoms with Crippen molar-refractivity contribution in [2.75, 3.05) is 43.6 Å². The molecule has 48 heavy (non-hydrogen) atoms. The van der Waals surface area contributed by atoms with Gasteiger partial charge in [0, 0.05) is 50.7 Å². The fourth-order valence-corrected chi connectivity index (χ4v) is 6.31. The van der Waals surface area contributed by atoms with Gasteiger partial charge in [-0.1, -0.05) is 6.07 Å². The number of carbonyl (C=O) groups is 1. The van der Waals surface area contributed by atoms with Crippen molar-refractivity contribution in [1.29, 1.82) is 5.26 Å². The summed E-state index contributed by atoms with van der Waals surface area (Å²) in [7, 11) is 3.24. The number of rotatable bonds is 10. The van der Waals surface area contributed by atoms with Gasteiger partial charge in [-0.3, -0.25) is 9.58 Å². The SMILES string of the molecule is COC(=O)c1ccc2c(c1)N(Cc1cncn1CC(F)(F)F)C(CN1CCC(n3ccc(OCc4ccc(C#N)cc4F)n3)CC1)N2C. The number of benzene rings is 2. The second kappa shape index (κ2) is 13.6. The standard InChI is InChI=1S/C33H34F4N8O3/c1-41-28-6-5-23(32(46)47-2)14-29(28)44(17-26-16-39-21-43(26)20-33(35,36)37)31(41)18-42-10-7-25(8-11-42)45-12-9-30(40-45)48-19-24-4-3-22(15-38)13-27(24)34/h3-6,9,12-14,16,21,25,31H,7-8,10-11,17-20H2,1-2H3. The van der Waals surface area contributed by atoms with Gasteiger partial charge in [0.2, 0.25) is 5.88 Å². The summed E-state index contributed by atoms with van der Waals surface area (Å²) in [6.45, 7) is 1.10. The lowest BCUT2D eigenvalue weighted by molar-refractivity contribution is -0.141. The summed E-state index contributed by atoms with van der Waals surface area (Å²) in [5.74, 6) is -0.633. The number of nitriles is 1. The molecule has 0 spiro atoms. The number of ether oxygens (including phenoxy) is 2. The van der Waals surface area contributed by atoms with E-state index in [4.69, 9.17) is 14.7 Å². The van der Waals surface area contributed by atoms with Crippen LogP contribution in [0.15, 0.2) is 61.2 Å². The predicted octanol–water partition coefficient (Wildman–Crippen LogP) is 5.14. The van der Waals surface area contributed by atoms with Crippen LogP contribution < -0.4 is 14.5 Å². The van der Waals surface area contributed by atoms with E-state index >= 15 is 0 Å². The second-order valence-electron chi connectivity index (χ2n) is 11.9. The monoisotopic (exact) mass is 666 g/mol. The van der Waals surface area contributed by atoms with E-state index < -0.39 is 24.5 Å². The number of anilines is 2. The van der Waals surface area contributed by atoms with Crippen molar-refractivity contribution >= 4 is 17.3 Å². The van der Waals surface area contributed by atoms with Gasteiger partial charge in [-0.25, -0.2) is 14.2 Å². The van der Waals surface area contributed by atoms with Crippen molar-refractivity contribution in [2.45, 2.75) is 50.9 Å². The zero-order chi connectivity index (χ0) is 34.0. The number of hydrogen-bond acceptors (Lipinski definition) is 9. The number of fused-ring (bicyclic) bond motifs is 1. The van der Waals surface area contributed by atoms with E-state index in [9.17, 15) is 22.4 Å². The average Bonchev–Trinajstić information content (AvgIpc) is 3.79. The quantitative estimate of drug-likeness (QED) is 0.168. The van der Waals surface area contributed by atoms with Crippen molar-refractivity contribution < 1.29 is 31.8 Å². The van der Waals surface area contributed by atoms with E-state index in [1.165, 1.54) is 37.8 Å². The topological polar surface area (TPSA) is 105 Å². The predicted molar refractivity (Wildman–Crippen MR) is 167 cm³/mol. The molecule has 0 bridgehead atoms. The number of halogens is 4. The van der Waals surface area contributed by atoms with Gasteiger partial charge in [0.1, 0.15) is 25.1 Å². The molecule has 2 aromatic heterocycles. The largest absolute Gasteiger partial charge is 0.472 e. The fraction of sp³-hybridized carbons (Fsp3) is 0.394. The molecule has 11 nitrogen and oxygen atoms in total. The fourth-order valence-electron chi connectivity index (χ4n) is 6.31. The molecule has 1 saturated heterocycles. The van der Waals surface area contributed by atoms with Crippen molar-refractivity contribution in [3.63, 3.8) is 0 Å². The zero-order valence-electron chi connectivity index (χ0n) is 26.4. The summed E-state index contributed by atoms with van der Waals surface area (Å²) < 4.78 is 67.8. The highest BCUT2D eigenvalue weighted by Gasteiger charge is 2.37. The molecule has 4 aromatic rings. The third-order valence-corrected chi connectivity index (χ3v) is 8.87. The first kappa shape index (κ1) is 32.8. The second-order valence-corrected chi connectivity index (χ2v) is 11.9. The first-order valence-electron chi connectivity index (χ1n) is 15.4. The van der Waals surface area contributed by atoms with Gasteiger partial charge < -0.3 is 23.8 Å². The van der Waals surface area contributed by atoms with E-state index in [0.29, 0.717) is 29.2 Å². The molecule has 0 amide bonds. The Morgan fingerprint density at radius 3 is 2.60 bits per heavy atom. The van der Waals surface area contributed by atoms with Crippen molar-refractivity contribution in [3.8, 4) is 11.9 Å². The molecular formula is C33H34F4N8O3. The summed E-state index contributed by atoms with van der Waals surface area (Å²) in [4.78, 5) is 22.8. The van der Waals surface area contributed by atoms with Crippen molar-refractivity contribution in [1.82, 2.24) is 24.2 Å². The van der Waals surface area contributed by atoms with Gasteiger partial charge >= 0.3 is 12.1 Å². The van der Waals surface area contributed by atoms with Gasteiger partial charge in [-0.05, 0) is 43.2 Å². The number of piperidine rings is 1. The van der Waals surface area contributed by atoms with Crippen LogP contribution in [0.1, 0.15) is 46.1 Å². The van der Waals surface area contributed by atoms with Gasteiger partial charge in [0.25, 0.3) is 0 Å². The van der Waals surface area contributed by atoms with E-state index in [-0.39, 0.29) is 30.9 Å². The summed E-state index contributed by atoms with van der Waals surface area (Å²) in [5.41, 5.74) is 2.91. The van der Waals surface area contributed by atoms with E-state index in [1.54, 1.807) is 18.2 Å². The zero-order valence-corrected chi connectivity index (χ0v) is 26.4. The normalized spacial score (nSPS) is 17.0. The number of likely N-dealkylation sites (N-methyl/N-ethyl adjacent to an activating group) is 1. The number of imidazole rings is 1. The number of aromatic nitrogens is 4. The molecule has 1 unspecified atom stereocenters. The molecule has 4 heterocycles. The summed E-state index contributed by atoms with van der Waals surface area (Å²) in [5, 5.41) is 13.5. The molecule has 0 N–H and O–H groups in total. The van der Waals surface area contributed by atoms with Crippen LogP contribution in [-0.2, 0) is 24.4 Å². The summed E-state index contributed by atoms with van der Waals surface area (Å²) >= 11 is 0. The minimum absolute atomic E-state index is 0.0150. The molecule has 252 valence electrons. The van der Waals surface area contributed by atoms with E-state index in [1.807, 2.05) is 35.0 Å². The number of carbonyl (C=O) groups excluding carboxylic acids is 1. The molecule has 2 aromatic carbocycles. The molecule has 1 atom stereocenters. The Hall–Kier alpha value is -5.10. The Bertz CT molecular complexity index is 1810. The lowest BCUT2D eigenvalue weighted by Gasteiger charge is -2.38. The molecule has 15 heteroatoms. The first-order chi connectivity index (χ1) is 23.0. The van der Waals surface area contributed by atoms with Crippen LogP contribution in [0.5, 0.6) is 5.88 Å². The Labute approximate surface area is 274 Å². The highest BCUT2D eigenvalue weighted by atomic mass is 19.4. The molecule has 2 aliphatic heterocycles. The maximum Gasteiger partial charge on any atom is 0.406 e. The first-order valence-corrected chi connectivity index (χ1v) is 15.4. The van der Waals surface area contributed by atoms with Crippen LogP contribution in [0.4, 0.5) is 28.9 Å². The molecule has 0 aliphatic carbocycles. The highest BCUT2D eigenvalue weighted by Crippen LogP contribution is 2.41. The third-order valence-electron chi connectivity index (χ3n) is 8.87. The lowest BCUT2D eigenvalue weighted by Crippen LogP contribution is -2.51. The Morgan fingerprint density at radius 2 is 1.90 bits per heavy atom. The Morgan fingerprint density at radius 1 is 1.10 bits per heavy atom. The summed E-state index contributed by atoms with van der Waals surface area (Å²) in [6, 6.07) is 13.3. The van der Waals surface area contributed by atoms with Crippen LogP contribution in [-0.4, -0.2) is 76.3 Å². The van der Waals surface area contributed by atoms with Crippen LogP contribution in [0.3, 0.4) is 0 Å². The average molecular weight is 667 g/mol. The van der Waals surface area contributed by atoms with E-state index in [2.05, 4.69) is 19.9 Å². The van der Waals surface area contributed by atoms with E-state index in [0.717, 1.165) is 41.9 Å². The van der Waals surface area contributed by atoms with Crippen LogP contribution >= 0.6 is 0 Å². The molecule has 1 fully saturated rings. The van der Waals surface area contributed by atoms with Gasteiger partial charge in [-0.15, -0.1) is 5.10 Å². The van der Waals surface area contributed by atoms with Gasteiger partial charge in [0.15, 0.2) is 0 Å². The van der Waals surface area contributed by atoms with Gasteiger partial charge in [0.05, 0.1) is 60.3 Å². The smallest absolute Gasteiger partial charge is 0.406 e. The third kappa shape index (κ3) is 7.08. The van der Waals surface area contributed by atoms with Crippen molar-refractivity contribution in [2.24, 2.45) is 0 Å². The van der Waals surface area contributed by atoms with Crippen LogP contribution in [0, 0.1) is 17.1 Å². The molecule has 0 saturated carbocycles. The Balaban J connectivity index is 1.12. The van der Waals surface area contributed by atoms with Crippen LogP contribution in [0.2, 0.25) is 0 Å². The number of nitrogens with zero attached hydrogens (tertiary/aromatic N) is 8. The number of hydrogen-bond donors (Lipinski definition) is 0. The molecule has 6 rings (SSSR count). The molecule has 0 radical (unpaired) electrons. The minimum atomic E-state index is -4.40. The number of likely N-dealkylation sites (tertiary alicyclic amines) is 1. The van der Waals surface area contributed by atoms with Crippen molar-refractivity contribution in [3.05, 3.63) is 89.4 Å². The van der Waals surface area contributed by atoms with Crippen LogP contribution in [0.25, 0.3) is 0 Å². The minimum Gasteiger partial charge on any atom is -0.472 e. The maximum atomic E-state index is 14.2. The molecule has 2 aliphatic rings.